The number of carbonyl (C=O) groups is 1. The van der Waals surface area contributed by atoms with Crippen molar-refractivity contribution in [1.29, 1.82) is 0 Å². The third kappa shape index (κ3) is 11.8. The number of benzene rings is 1. The van der Waals surface area contributed by atoms with Crippen LogP contribution >= 0.6 is 10.3 Å². The van der Waals surface area contributed by atoms with Gasteiger partial charge in [-0.25, -0.2) is 0 Å². The Kier molecular flexibility index (Phi) is 18.2. The monoisotopic (exact) mass is 580 g/mol. The van der Waals surface area contributed by atoms with Gasteiger partial charge in [-0.05, 0) is 116 Å². The number of aliphatic hydroxyl groups is 1. The predicted molar refractivity (Wildman–Crippen MR) is 179 cm³/mol. The number of unbranched alkanes of at least 4 members (excludes halogenated alkanes) is 9. The van der Waals surface area contributed by atoms with Crippen molar-refractivity contribution in [3.05, 3.63) is 34.4 Å². The molecule has 1 heterocycles. The average molecular weight is 581 g/mol. The lowest BCUT2D eigenvalue weighted by atomic mass is 9.87. The lowest BCUT2D eigenvalue weighted by molar-refractivity contribution is -0.107. The highest BCUT2D eigenvalue weighted by atomic mass is 32.3. The van der Waals surface area contributed by atoms with Crippen LogP contribution in [0.2, 0.25) is 0 Å². The Labute approximate surface area is 250 Å². The third-order valence-corrected chi connectivity index (χ3v) is 11.7. The minimum atomic E-state index is -1.26. The molecule has 234 valence electrons. The molecule has 40 heavy (non-hydrogen) atoms. The molecule has 0 aromatic heterocycles. The first-order valence-corrected chi connectivity index (χ1v) is 18.0. The fraction of sp³-hybridized carbons (Fsp3) is 0.743. The third-order valence-electron chi connectivity index (χ3n) is 8.20. The van der Waals surface area contributed by atoms with Gasteiger partial charge in [-0.1, -0.05) is 68.8 Å². The summed E-state index contributed by atoms with van der Waals surface area (Å²) < 4.78 is 13.6. The molecular formula is C35H64O4S. The number of rotatable bonds is 14. The van der Waals surface area contributed by atoms with Crippen LogP contribution in [-0.4, -0.2) is 41.4 Å². The number of ether oxygens (including phenoxy) is 1. The lowest BCUT2D eigenvalue weighted by Crippen LogP contribution is -2.35. The topological polar surface area (TPSA) is 55.8 Å². The minimum Gasteiger partial charge on any atom is -0.483 e. The van der Waals surface area contributed by atoms with Gasteiger partial charge >= 0.3 is 0 Å². The zero-order valence-corrected chi connectivity index (χ0v) is 29.1. The van der Waals surface area contributed by atoms with E-state index in [1.54, 1.807) is 0 Å². The molecule has 1 aliphatic heterocycles. The molecule has 0 amide bonds. The zero-order valence-electron chi connectivity index (χ0n) is 28.3. The van der Waals surface area contributed by atoms with Crippen LogP contribution < -0.4 is 8.92 Å². The number of aliphatic hydroxyl groups excluding tert-OH is 1. The van der Waals surface area contributed by atoms with Crippen molar-refractivity contribution in [2.24, 2.45) is 0 Å². The van der Waals surface area contributed by atoms with Gasteiger partial charge < -0.3 is 18.8 Å². The molecule has 0 bridgehead atoms. The van der Waals surface area contributed by atoms with Crippen molar-refractivity contribution in [2.45, 2.75) is 150 Å². The van der Waals surface area contributed by atoms with E-state index >= 15 is 0 Å². The van der Waals surface area contributed by atoms with Crippen LogP contribution in [0.25, 0.3) is 0 Å². The Morgan fingerprint density at radius 2 is 1.38 bits per heavy atom. The van der Waals surface area contributed by atoms with E-state index in [-0.39, 0.29) is 10.3 Å². The second-order valence-electron chi connectivity index (χ2n) is 12.3. The summed E-state index contributed by atoms with van der Waals surface area (Å²) >= 11 is 0. The Balaban J connectivity index is 0.00000363. The molecule has 1 N–H and O–H groups in total. The molecule has 5 heteroatoms. The molecule has 1 aliphatic rings. The molecule has 0 radical (unpaired) electrons. The predicted octanol–water partition coefficient (Wildman–Crippen LogP) is 10.1. The van der Waals surface area contributed by atoms with E-state index in [1.807, 2.05) is 13.8 Å². The lowest BCUT2D eigenvalue weighted by Gasteiger charge is -2.45. The summed E-state index contributed by atoms with van der Waals surface area (Å²) in [5.74, 6) is 2.15. The molecule has 0 spiro atoms. The fourth-order valence-corrected chi connectivity index (χ4v) is 5.63. The molecule has 2 rings (SSSR count). The molecule has 0 unspecified atom stereocenters. The van der Waals surface area contributed by atoms with Gasteiger partial charge in [0.15, 0.2) is 0 Å². The van der Waals surface area contributed by atoms with Crippen LogP contribution in [0.4, 0.5) is 0 Å². The molecule has 0 saturated heterocycles. The smallest absolute Gasteiger partial charge is 0.141 e. The van der Waals surface area contributed by atoms with E-state index in [2.05, 4.69) is 73.1 Å². The highest BCUT2D eigenvalue weighted by molar-refractivity contribution is 8.30. The van der Waals surface area contributed by atoms with E-state index in [0.29, 0.717) is 0 Å². The van der Waals surface area contributed by atoms with Gasteiger partial charge in [0.2, 0.25) is 0 Å². The van der Waals surface area contributed by atoms with Crippen LogP contribution in [0.3, 0.4) is 0 Å². The Hall–Kier alpha value is -1.46. The van der Waals surface area contributed by atoms with Gasteiger partial charge in [-0.3, -0.25) is 0 Å². The first kappa shape index (κ1) is 38.5. The van der Waals surface area contributed by atoms with E-state index in [0.717, 1.165) is 57.0 Å². The number of carbonyl (C=O) groups excluding carboxylic acids is 1. The molecule has 0 saturated carbocycles. The van der Waals surface area contributed by atoms with E-state index in [9.17, 15) is 4.79 Å². The number of aldehydes is 1. The van der Waals surface area contributed by atoms with Crippen LogP contribution in [0.1, 0.15) is 134 Å². The number of fused-ring (bicyclic) bond motifs is 1. The standard InChI is InChI=1S/C32H54O3S.C2H6.CH4O/c1-25-26(2)30-28(27(3)29(25)35-36(8,9)31(4,5)6)21-23-32(7,34-30)22-19-17-15-13-11-10-12-14-16-18-20-24-33;2*1-2/h19,22,24H,10-18,20-21,23H2,1-9H3;1-2H3;2H,1H3/b22-19+;;/t32-;;/m1../s1. The SMILES string of the molecule is CC.CO.Cc1c(C)c2c(c(C)c1OS(C)(C)C(C)(C)C)CC[C@@](C)(/C=C/CCCCCCCCCCC=O)O2. The summed E-state index contributed by atoms with van der Waals surface area (Å²) in [4.78, 5) is 10.3. The summed E-state index contributed by atoms with van der Waals surface area (Å²) in [5.41, 5.74) is 4.78. The van der Waals surface area contributed by atoms with Crippen LogP contribution in [0, 0.1) is 20.8 Å². The second-order valence-corrected chi connectivity index (χ2v) is 16.2. The summed E-state index contributed by atoms with van der Waals surface area (Å²) in [7, 11) is -0.256. The van der Waals surface area contributed by atoms with Gasteiger partial charge in [0, 0.05) is 23.8 Å². The summed E-state index contributed by atoms with van der Waals surface area (Å²) in [6.07, 6.45) is 24.1. The molecule has 0 aliphatic carbocycles. The van der Waals surface area contributed by atoms with Gasteiger partial charge in [-0.2, -0.15) is 0 Å². The van der Waals surface area contributed by atoms with Gasteiger partial charge in [0.05, 0.1) is 0 Å². The van der Waals surface area contributed by atoms with Crippen molar-refractivity contribution in [2.75, 3.05) is 19.6 Å². The minimum absolute atomic E-state index is 0.118. The zero-order chi connectivity index (χ0) is 31.0. The Morgan fingerprint density at radius 3 is 1.88 bits per heavy atom. The Bertz CT molecular complexity index is 898. The van der Waals surface area contributed by atoms with E-state index in [4.69, 9.17) is 14.0 Å². The van der Waals surface area contributed by atoms with Gasteiger partial charge in [0.1, 0.15) is 23.4 Å². The highest BCUT2D eigenvalue weighted by Gasteiger charge is 2.35. The maximum absolute atomic E-state index is 10.3. The molecule has 4 nitrogen and oxygen atoms in total. The average Bonchev–Trinajstić information content (AvgIpc) is 2.92. The van der Waals surface area contributed by atoms with Crippen LogP contribution in [0.15, 0.2) is 12.2 Å². The number of hydrogen-bond acceptors (Lipinski definition) is 4. The van der Waals surface area contributed by atoms with Crippen molar-refractivity contribution in [3.8, 4) is 11.5 Å². The van der Waals surface area contributed by atoms with Crippen molar-refractivity contribution in [1.82, 2.24) is 0 Å². The quantitative estimate of drug-likeness (QED) is 0.135. The summed E-state index contributed by atoms with van der Waals surface area (Å²) in [6, 6.07) is 0. The molecule has 1 aromatic carbocycles. The number of allylic oxidation sites excluding steroid dienone is 1. The molecular weight excluding hydrogens is 516 g/mol. The Morgan fingerprint density at radius 1 is 0.875 bits per heavy atom. The maximum atomic E-state index is 10.3. The molecule has 1 atom stereocenters. The number of hydrogen-bond donors (Lipinski definition) is 1. The first-order chi connectivity index (χ1) is 18.8. The van der Waals surface area contributed by atoms with Gasteiger partial charge in [0.25, 0.3) is 0 Å². The normalized spacial score (nSPS) is 17.1. The fourth-order valence-electron chi connectivity index (χ4n) is 4.71. The maximum Gasteiger partial charge on any atom is 0.141 e. The van der Waals surface area contributed by atoms with E-state index in [1.165, 1.54) is 67.2 Å². The second kappa shape index (κ2) is 18.9. The largest absolute Gasteiger partial charge is 0.483 e. The van der Waals surface area contributed by atoms with Crippen molar-refractivity contribution < 1.29 is 18.8 Å². The van der Waals surface area contributed by atoms with Crippen molar-refractivity contribution >= 4 is 16.6 Å². The summed E-state index contributed by atoms with van der Waals surface area (Å²) in [5, 5.41) is 7.00. The first-order valence-electron chi connectivity index (χ1n) is 15.6. The van der Waals surface area contributed by atoms with Crippen molar-refractivity contribution in [3.63, 3.8) is 0 Å². The molecule has 0 fully saturated rings. The molecule has 1 aromatic rings. The van der Waals surface area contributed by atoms with Crippen LogP contribution in [0.5, 0.6) is 11.5 Å². The van der Waals surface area contributed by atoms with E-state index < -0.39 is 10.3 Å². The van der Waals surface area contributed by atoms with Crippen LogP contribution in [-0.2, 0) is 11.2 Å². The highest BCUT2D eigenvalue weighted by Crippen LogP contribution is 2.56. The summed E-state index contributed by atoms with van der Waals surface area (Å²) in [6.45, 7) is 19.7. The van der Waals surface area contributed by atoms with Gasteiger partial charge in [-0.15, -0.1) is 0 Å².